The standard InChI is InChI=1S/C22H32N2O5S/c1-15(2)7-8-19-9-10-22-20(11-19)29-21(13-23(6)18(5)26)16(3)12-24(17(4)14-25)30(22,27)28/h9-11,15-17,21,25H,12-14H2,1-6H3/t16-,17-,21-/m1/s1. The van der Waals surface area contributed by atoms with Crippen molar-refractivity contribution in [3.8, 4) is 17.6 Å². The van der Waals surface area contributed by atoms with E-state index in [-0.39, 0.29) is 41.5 Å². The molecule has 166 valence electrons. The minimum absolute atomic E-state index is 0.0419. The molecule has 7 nitrogen and oxygen atoms in total. The number of amides is 1. The van der Waals surface area contributed by atoms with Gasteiger partial charge in [0.1, 0.15) is 16.7 Å². The second-order valence-corrected chi connectivity index (χ2v) is 10.1. The molecule has 3 atom stereocenters. The summed E-state index contributed by atoms with van der Waals surface area (Å²) in [5, 5.41) is 9.66. The van der Waals surface area contributed by atoms with Crippen LogP contribution in [0.4, 0.5) is 0 Å². The first-order chi connectivity index (χ1) is 14.0. The Labute approximate surface area is 180 Å². The molecule has 1 N–H and O–H groups in total. The maximum Gasteiger partial charge on any atom is 0.247 e. The van der Waals surface area contributed by atoms with E-state index < -0.39 is 22.2 Å². The summed E-state index contributed by atoms with van der Waals surface area (Å²) in [4.78, 5) is 13.4. The highest BCUT2D eigenvalue weighted by atomic mass is 32.2. The van der Waals surface area contributed by atoms with E-state index in [1.807, 2.05) is 20.8 Å². The number of aliphatic hydroxyl groups is 1. The number of carbonyl (C=O) groups excluding carboxylic acids is 1. The molecule has 0 spiro atoms. The maximum atomic E-state index is 13.4. The fourth-order valence-electron chi connectivity index (χ4n) is 3.15. The van der Waals surface area contributed by atoms with Crippen molar-refractivity contribution < 1.29 is 23.1 Å². The second-order valence-electron chi connectivity index (χ2n) is 8.22. The Kier molecular flexibility index (Phi) is 7.92. The van der Waals surface area contributed by atoms with Crippen LogP contribution in [-0.2, 0) is 14.8 Å². The highest BCUT2D eigenvalue weighted by Crippen LogP contribution is 2.34. The lowest BCUT2D eigenvalue weighted by molar-refractivity contribution is -0.129. The number of likely N-dealkylation sites (N-methyl/N-ethyl adjacent to an activating group) is 1. The summed E-state index contributed by atoms with van der Waals surface area (Å²) in [6, 6.07) is 4.23. The number of hydrogen-bond acceptors (Lipinski definition) is 5. The molecule has 1 aliphatic heterocycles. The Balaban J connectivity index is 2.60. The third-order valence-corrected chi connectivity index (χ3v) is 7.18. The number of carbonyl (C=O) groups is 1. The van der Waals surface area contributed by atoms with E-state index in [4.69, 9.17) is 4.74 Å². The molecule has 1 aliphatic rings. The predicted octanol–water partition coefficient (Wildman–Crippen LogP) is 1.94. The predicted molar refractivity (Wildman–Crippen MR) is 115 cm³/mol. The summed E-state index contributed by atoms with van der Waals surface area (Å²) >= 11 is 0. The van der Waals surface area contributed by atoms with Crippen LogP contribution in [0.2, 0.25) is 0 Å². The summed E-state index contributed by atoms with van der Waals surface area (Å²) in [6.45, 7) is 9.19. The van der Waals surface area contributed by atoms with Gasteiger partial charge in [0.2, 0.25) is 15.9 Å². The largest absolute Gasteiger partial charge is 0.487 e. The van der Waals surface area contributed by atoms with Crippen molar-refractivity contribution in [1.29, 1.82) is 0 Å². The smallest absolute Gasteiger partial charge is 0.247 e. The molecular formula is C22H32N2O5S. The highest BCUT2D eigenvalue weighted by Gasteiger charge is 2.38. The molecule has 0 bridgehead atoms. The zero-order valence-corrected chi connectivity index (χ0v) is 19.4. The van der Waals surface area contributed by atoms with Gasteiger partial charge in [0.05, 0.1) is 13.2 Å². The number of ether oxygens (including phenoxy) is 1. The van der Waals surface area contributed by atoms with Gasteiger partial charge in [0.25, 0.3) is 0 Å². The maximum absolute atomic E-state index is 13.4. The van der Waals surface area contributed by atoms with Gasteiger partial charge in [0.15, 0.2) is 0 Å². The summed E-state index contributed by atoms with van der Waals surface area (Å²) in [7, 11) is -2.20. The van der Waals surface area contributed by atoms with Crippen LogP contribution in [0.15, 0.2) is 23.1 Å². The molecule has 0 fully saturated rings. The van der Waals surface area contributed by atoms with E-state index in [0.29, 0.717) is 12.1 Å². The molecule has 0 saturated carbocycles. The fourth-order valence-corrected chi connectivity index (χ4v) is 4.97. The molecule has 1 aromatic carbocycles. The van der Waals surface area contributed by atoms with E-state index in [0.717, 1.165) is 0 Å². The number of rotatable bonds is 4. The van der Waals surface area contributed by atoms with Crippen LogP contribution in [0, 0.1) is 23.7 Å². The molecule has 2 rings (SSSR count). The molecule has 1 amide bonds. The Morgan fingerprint density at radius 1 is 1.37 bits per heavy atom. The van der Waals surface area contributed by atoms with Crippen LogP contribution < -0.4 is 4.74 Å². The normalized spacial score (nSPS) is 22.0. The Morgan fingerprint density at radius 3 is 2.60 bits per heavy atom. The lowest BCUT2D eigenvalue weighted by Gasteiger charge is -2.37. The number of fused-ring (bicyclic) bond motifs is 1. The van der Waals surface area contributed by atoms with Crippen LogP contribution >= 0.6 is 0 Å². The highest BCUT2D eigenvalue weighted by molar-refractivity contribution is 7.89. The van der Waals surface area contributed by atoms with Crippen molar-refractivity contribution in [3.63, 3.8) is 0 Å². The van der Waals surface area contributed by atoms with E-state index in [9.17, 15) is 18.3 Å². The Bertz CT molecular complexity index is 933. The first-order valence-electron chi connectivity index (χ1n) is 10.1. The average Bonchev–Trinajstić information content (AvgIpc) is 2.68. The van der Waals surface area contributed by atoms with Gasteiger partial charge in [-0.25, -0.2) is 8.42 Å². The van der Waals surface area contributed by atoms with Crippen LogP contribution in [0.1, 0.15) is 40.2 Å². The zero-order valence-electron chi connectivity index (χ0n) is 18.5. The van der Waals surface area contributed by atoms with Crippen molar-refractivity contribution in [2.45, 2.75) is 51.7 Å². The molecule has 0 unspecified atom stereocenters. The van der Waals surface area contributed by atoms with E-state index in [2.05, 4.69) is 11.8 Å². The molecule has 30 heavy (non-hydrogen) atoms. The van der Waals surface area contributed by atoms with E-state index in [1.165, 1.54) is 17.3 Å². The number of sulfonamides is 1. The van der Waals surface area contributed by atoms with Gasteiger partial charge in [0, 0.05) is 44.0 Å². The van der Waals surface area contributed by atoms with Gasteiger partial charge in [-0.2, -0.15) is 4.31 Å². The van der Waals surface area contributed by atoms with Gasteiger partial charge >= 0.3 is 0 Å². The topological polar surface area (TPSA) is 87.2 Å². The van der Waals surface area contributed by atoms with Crippen LogP contribution in [0.25, 0.3) is 0 Å². The fraction of sp³-hybridized carbons (Fsp3) is 0.591. The monoisotopic (exact) mass is 436 g/mol. The first-order valence-corrected chi connectivity index (χ1v) is 11.6. The average molecular weight is 437 g/mol. The van der Waals surface area contributed by atoms with E-state index in [1.54, 1.807) is 31.0 Å². The SMILES string of the molecule is CC(=O)N(C)C[C@H]1Oc2cc(C#CC(C)C)ccc2S(=O)(=O)N([C@H](C)CO)C[C@H]1C. The third kappa shape index (κ3) is 5.54. The van der Waals surface area contributed by atoms with Crippen LogP contribution in [0.5, 0.6) is 5.75 Å². The number of aliphatic hydroxyl groups excluding tert-OH is 1. The van der Waals surface area contributed by atoms with Gasteiger partial charge in [-0.05, 0) is 25.1 Å². The molecular weight excluding hydrogens is 404 g/mol. The van der Waals surface area contributed by atoms with Crippen LogP contribution in [-0.4, -0.2) is 67.5 Å². The molecule has 0 radical (unpaired) electrons. The minimum Gasteiger partial charge on any atom is -0.487 e. The van der Waals surface area contributed by atoms with Crippen molar-refractivity contribution in [2.75, 3.05) is 26.7 Å². The second kappa shape index (κ2) is 9.82. The van der Waals surface area contributed by atoms with Gasteiger partial charge < -0.3 is 14.7 Å². The van der Waals surface area contributed by atoms with Crippen molar-refractivity contribution in [2.24, 2.45) is 11.8 Å². The Morgan fingerprint density at radius 2 is 2.03 bits per heavy atom. The van der Waals surface area contributed by atoms with Crippen LogP contribution in [0.3, 0.4) is 0 Å². The minimum atomic E-state index is -3.88. The summed E-state index contributed by atoms with van der Waals surface area (Å²) in [5.74, 6) is 6.19. The number of benzene rings is 1. The molecule has 1 aromatic rings. The first kappa shape index (κ1) is 24.2. The molecule has 0 aromatic heterocycles. The van der Waals surface area contributed by atoms with Crippen molar-refractivity contribution in [3.05, 3.63) is 23.8 Å². The lowest BCUT2D eigenvalue weighted by Crippen LogP contribution is -2.50. The summed E-state index contributed by atoms with van der Waals surface area (Å²) in [6.07, 6.45) is -0.421. The third-order valence-electron chi connectivity index (χ3n) is 5.16. The molecule has 0 aliphatic carbocycles. The molecule has 8 heteroatoms. The van der Waals surface area contributed by atoms with Crippen molar-refractivity contribution >= 4 is 15.9 Å². The molecule has 0 saturated heterocycles. The van der Waals surface area contributed by atoms with Gasteiger partial charge in [-0.1, -0.05) is 32.6 Å². The Hall–Kier alpha value is -2.08. The van der Waals surface area contributed by atoms with Gasteiger partial charge in [-0.3, -0.25) is 4.79 Å². The summed E-state index contributed by atoms with van der Waals surface area (Å²) in [5.41, 5.74) is 0.659. The lowest BCUT2D eigenvalue weighted by atomic mass is 10.0. The molecule has 1 heterocycles. The van der Waals surface area contributed by atoms with Crippen molar-refractivity contribution in [1.82, 2.24) is 9.21 Å². The van der Waals surface area contributed by atoms with E-state index >= 15 is 0 Å². The number of nitrogens with zero attached hydrogens (tertiary/aromatic N) is 2. The number of hydrogen-bond donors (Lipinski definition) is 1. The zero-order chi connectivity index (χ0) is 22.6. The quantitative estimate of drug-likeness (QED) is 0.729. The van der Waals surface area contributed by atoms with Gasteiger partial charge in [-0.15, -0.1) is 0 Å². The summed E-state index contributed by atoms with van der Waals surface area (Å²) < 4.78 is 34.2.